The zero-order valence-electron chi connectivity index (χ0n) is 17.6. The number of carboxylic acids is 1. The van der Waals surface area contributed by atoms with E-state index in [-0.39, 0.29) is 30.8 Å². The fourth-order valence-corrected chi connectivity index (χ4v) is 4.50. The zero-order chi connectivity index (χ0) is 24.3. The molecular formula is C18H23BN4O9S. The van der Waals surface area contributed by atoms with Gasteiger partial charge in [0.15, 0.2) is 17.6 Å². The van der Waals surface area contributed by atoms with Crippen molar-refractivity contribution in [3.05, 3.63) is 29.3 Å². The van der Waals surface area contributed by atoms with E-state index in [1.807, 2.05) is 0 Å². The molecule has 15 heteroatoms. The van der Waals surface area contributed by atoms with Gasteiger partial charge in [-0.3, -0.25) is 14.4 Å². The minimum Gasteiger partial charge on any atom is -0.573 e. The second kappa shape index (κ2) is 10.4. The first-order chi connectivity index (χ1) is 15.7. The number of benzene rings is 1. The number of nitrogens with one attached hydrogen (secondary N) is 2. The van der Waals surface area contributed by atoms with Crippen molar-refractivity contribution < 1.29 is 43.6 Å². The number of nitrogens with zero attached hydrogens (tertiary/aromatic N) is 2. The average Bonchev–Trinajstić information content (AvgIpc) is 2.78. The number of aliphatic hydroxyl groups is 1. The lowest BCUT2D eigenvalue weighted by Gasteiger charge is -2.33. The van der Waals surface area contributed by atoms with Crippen molar-refractivity contribution >= 4 is 42.4 Å². The normalized spacial score (nSPS) is 20.1. The Kier molecular flexibility index (Phi) is 7.81. The lowest BCUT2D eigenvalue weighted by molar-refractivity contribution is -0.152. The Morgan fingerprint density at radius 1 is 1.33 bits per heavy atom. The van der Waals surface area contributed by atoms with Gasteiger partial charge in [0.05, 0.1) is 24.7 Å². The molecule has 0 saturated carbocycles. The van der Waals surface area contributed by atoms with Crippen molar-refractivity contribution in [3.63, 3.8) is 0 Å². The Bertz CT molecular complexity index is 951. The summed E-state index contributed by atoms with van der Waals surface area (Å²) in [4.78, 5) is 49.4. The average molecular weight is 482 g/mol. The summed E-state index contributed by atoms with van der Waals surface area (Å²) in [6.45, 7) is 1.39. The highest BCUT2D eigenvalue weighted by atomic mass is 32.2. The molecule has 5 N–H and O–H groups in total. The lowest BCUT2D eigenvalue weighted by atomic mass is 9.72. The predicted molar refractivity (Wildman–Crippen MR) is 114 cm³/mol. The van der Waals surface area contributed by atoms with E-state index in [1.54, 1.807) is 13.0 Å². The molecule has 33 heavy (non-hydrogen) atoms. The monoisotopic (exact) mass is 482 g/mol. The molecule has 2 heterocycles. The maximum atomic E-state index is 12.6. The first kappa shape index (κ1) is 24.8. The topological polar surface area (TPSA) is 192 Å². The molecular weight excluding hydrogens is 459 g/mol. The Labute approximate surface area is 192 Å². The van der Waals surface area contributed by atoms with Crippen LogP contribution in [0.4, 0.5) is 0 Å². The van der Waals surface area contributed by atoms with Crippen LogP contribution in [0.5, 0.6) is 5.75 Å². The third-order valence-electron chi connectivity index (χ3n) is 5.27. The Balaban J connectivity index is 1.64. The fraction of sp³-hybridized carbons (Fsp3) is 0.444. The van der Waals surface area contributed by atoms with Crippen molar-refractivity contribution in [1.29, 1.82) is 0 Å². The Morgan fingerprint density at radius 2 is 2.06 bits per heavy atom. The summed E-state index contributed by atoms with van der Waals surface area (Å²) >= 11 is -2.28. The second-order valence-electron chi connectivity index (χ2n) is 7.32. The molecule has 178 valence electrons. The van der Waals surface area contributed by atoms with E-state index < -0.39 is 60.9 Å². The number of piperazine rings is 1. The van der Waals surface area contributed by atoms with E-state index in [4.69, 9.17) is 4.65 Å². The summed E-state index contributed by atoms with van der Waals surface area (Å²) in [7, 11) is -1.58. The Morgan fingerprint density at radius 3 is 2.70 bits per heavy atom. The van der Waals surface area contributed by atoms with E-state index in [1.165, 1.54) is 17.0 Å². The molecule has 0 aromatic heterocycles. The van der Waals surface area contributed by atoms with Gasteiger partial charge < -0.3 is 34.7 Å². The van der Waals surface area contributed by atoms with E-state index in [2.05, 4.69) is 10.0 Å². The van der Waals surface area contributed by atoms with Gasteiger partial charge in [-0.2, -0.15) is 0 Å². The molecule has 1 fully saturated rings. The highest BCUT2D eigenvalue weighted by molar-refractivity contribution is 7.87. The number of fused-ring (bicyclic) bond motifs is 1. The zero-order valence-corrected chi connectivity index (χ0v) is 18.4. The maximum Gasteiger partial charge on any atom is 0.547 e. The fourth-order valence-electron chi connectivity index (χ4n) is 3.47. The number of aromatic carboxylic acids is 1. The number of aliphatic hydroxyl groups excluding tert-OH is 1. The number of carboxylic acid groups (broad SMARTS) is 1. The molecule has 13 nitrogen and oxygen atoms in total. The number of hydrogen-bond acceptors (Lipinski definition) is 9. The molecule has 1 saturated heterocycles. The van der Waals surface area contributed by atoms with Crippen LogP contribution >= 0.6 is 0 Å². The van der Waals surface area contributed by atoms with Crippen LogP contribution in [0.15, 0.2) is 18.2 Å². The standard InChI is InChI=1S/C18H23BN4O9S/c1-2-22-6-7-23(17(27)16(22)26)33(31)21-12(9-24)15(25)20-13-8-10-4-3-5-11(18(28)29)14(10)32-19(13)30/h3-5,12-13,21,24,30H,2,6-9H2,1H3,(H,20,25)(H,28,29)/t12-,13-,33?/m0/s1. The molecule has 0 spiro atoms. The number of para-hydroxylation sites is 1. The molecule has 0 bridgehead atoms. The smallest absolute Gasteiger partial charge is 0.547 e. The highest BCUT2D eigenvalue weighted by Crippen LogP contribution is 2.30. The van der Waals surface area contributed by atoms with Gasteiger partial charge in [-0.25, -0.2) is 4.79 Å². The largest absolute Gasteiger partial charge is 0.573 e. The van der Waals surface area contributed by atoms with Gasteiger partial charge in [-0.05, 0) is 25.0 Å². The number of rotatable bonds is 8. The van der Waals surface area contributed by atoms with Crippen molar-refractivity contribution in [2.75, 3.05) is 26.2 Å². The Hall–Kier alpha value is -2.85. The van der Waals surface area contributed by atoms with Gasteiger partial charge in [-0.1, -0.05) is 12.1 Å². The van der Waals surface area contributed by atoms with Crippen LogP contribution in [0.25, 0.3) is 0 Å². The van der Waals surface area contributed by atoms with E-state index in [0.29, 0.717) is 12.1 Å². The van der Waals surface area contributed by atoms with Crippen molar-refractivity contribution in [1.82, 2.24) is 19.2 Å². The molecule has 2 aliphatic rings. The molecule has 0 aliphatic carbocycles. The number of likely N-dealkylation sites (N-methyl/N-ethyl adjacent to an activating group) is 1. The summed E-state index contributed by atoms with van der Waals surface area (Å²) in [6, 6.07) is 2.97. The van der Waals surface area contributed by atoms with E-state index in [9.17, 15) is 39.0 Å². The molecule has 1 unspecified atom stereocenters. The van der Waals surface area contributed by atoms with Gasteiger partial charge in [0, 0.05) is 13.1 Å². The highest BCUT2D eigenvalue weighted by Gasteiger charge is 2.42. The minimum atomic E-state index is -2.28. The summed E-state index contributed by atoms with van der Waals surface area (Å²) in [6.07, 6.45) is 0.0383. The van der Waals surface area contributed by atoms with Crippen molar-refractivity contribution in [2.45, 2.75) is 25.3 Å². The first-order valence-corrected chi connectivity index (χ1v) is 11.2. The summed E-state index contributed by atoms with van der Waals surface area (Å²) in [5.74, 6) is -4.88. The van der Waals surface area contributed by atoms with Crippen LogP contribution in [0.2, 0.25) is 0 Å². The molecule has 3 amide bonds. The number of carbonyl (C=O) groups is 4. The van der Waals surface area contributed by atoms with Gasteiger partial charge >= 0.3 is 24.9 Å². The van der Waals surface area contributed by atoms with Gasteiger partial charge in [0.1, 0.15) is 5.75 Å². The number of amides is 3. The lowest BCUT2D eigenvalue weighted by Crippen LogP contribution is -2.62. The molecule has 2 aliphatic heterocycles. The molecule has 3 rings (SSSR count). The van der Waals surface area contributed by atoms with Crippen LogP contribution in [-0.2, 0) is 32.4 Å². The van der Waals surface area contributed by atoms with E-state index >= 15 is 0 Å². The quantitative estimate of drug-likeness (QED) is 0.145. The summed E-state index contributed by atoms with van der Waals surface area (Å²) < 4.78 is 20.9. The predicted octanol–water partition coefficient (Wildman–Crippen LogP) is -2.96. The van der Waals surface area contributed by atoms with E-state index in [0.717, 1.165) is 4.31 Å². The minimum absolute atomic E-state index is 0.00432. The molecule has 0 radical (unpaired) electrons. The first-order valence-electron chi connectivity index (χ1n) is 10.1. The number of carbonyl (C=O) groups excluding carboxylic acids is 3. The third kappa shape index (κ3) is 5.22. The maximum absolute atomic E-state index is 12.6. The molecule has 3 atom stereocenters. The summed E-state index contributed by atoms with van der Waals surface area (Å²) in [5.41, 5.74) is 0.310. The third-order valence-corrected chi connectivity index (χ3v) is 6.51. The van der Waals surface area contributed by atoms with Crippen LogP contribution in [-0.4, -0.2) is 98.0 Å². The molecule has 1 aromatic carbocycles. The summed E-state index contributed by atoms with van der Waals surface area (Å²) in [5, 5.41) is 31.6. The van der Waals surface area contributed by atoms with Gasteiger partial charge in [0.2, 0.25) is 5.91 Å². The molecule has 1 aromatic rings. The van der Waals surface area contributed by atoms with Crippen molar-refractivity contribution in [2.24, 2.45) is 0 Å². The second-order valence-corrected chi connectivity index (χ2v) is 8.50. The number of hydrogen-bond donors (Lipinski definition) is 5. The SMILES string of the molecule is CCN1CCN([S+]([O-])N[C@@H](CO)C(=O)N[C@H]2Cc3cccc(C(=O)O)c3OB2O)C(=O)C1=O. The van der Waals surface area contributed by atoms with Crippen LogP contribution in [0, 0.1) is 0 Å². The van der Waals surface area contributed by atoms with Crippen LogP contribution in [0.3, 0.4) is 0 Å². The van der Waals surface area contributed by atoms with Crippen LogP contribution in [0.1, 0.15) is 22.8 Å². The van der Waals surface area contributed by atoms with Crippen LogP contribution < -0.4 is 14.7 Å². The van der Waals surface area contributed by atoms with Crippen molar-refractivity contribution in [3.8, 4) is 5.75 Å². The van der Waals surface area contributed by atoms with Gasteiger partial charge in [0.25, 0.3) is 0 Å². The van der Waals surface area contributed by atoms with Gasteiger partial charge in [-0.15, -0.1) is 9.03 Å².